The van der Waals surface area contributed by atoms with Crippen LogP contribution in [0.4, 0.5) is 0 Å². The summed E-state index contributed by atoms with van der Waals surface area (Å²) in [4.78, 5) is 20.9. The Kier molecular flexibility index (Phi) is 12.6. The molecule has 110 valence electrons. The summed E-state index contributed by atoms with van der Waals surface area (Å²) < 4.78 is 0. The van der Waals surface area contributed by atoms with Crippen molar-refractivity contribution >= 4 is 11.9 Å². The van der Waals surface area contributed by atoms with Crippen LogP contribution in [0.2, 0.25) is 0 Å². The van der Waals surface area contributed by atoms with Crippen LogP contribution in [0.5, 0.6) is 0 Å². The maximum absolute atomic E-state index is 10.6. The second-order valence-corrected chi connectivity index (χ2v) is 5.18. The van der Waals surface area contributed by atoms with E-state index in [0.29, 0.717) is 6.42 Å². The third-order valence-electron chi connectivity index (χ3n) is 3.32. The Morgan fingerprint density at radius 2 is 1.32 bits per heavy atom. The molecule has 0 bridgehead atoms. The molecule has 0 spiro atoms. The van der Waals surface area contributed by atoms with Gasteiger partial charge in [-0.15, -0.1) is 0 Å². The Morgan fingerprint density at radius 1 is 0.842 bits per heavy atom. The Morgan fingerprint density at radius 3 is 1.74 bits per heavy atom. The Labute approximate surface area is 117 Å². The molecule has 0 saturated heterocycles. The van der Waals surface area contributed by atoms with Gasteiger partial charge in [-0.3, -0.25) is 4.79 Å². The Bertz CT molecular complexity index is 278. The van der Waals surface area contributed by atoms with Gasteiger partial charge in [0.1, 0.15) is 5.94 Å². The van der Waals surface area contributed by atoms with Crippen molar-refractivity contribution in [1.82, 2.24) is 0 Å². The van der Waals surface area contributed by atoms with Crippen LogP contribution in [0.15, 0.2) is 5.57 Å². The zero-order chi connectivity index (χ0) is 14.3. The van der Waals surface area contributed by atoms with E-state index in [9.17, 15) is 9.59 Å². The largest absolute Gasteiger partial charge is 0.481 e. The van der Waals surface area contributed by atoms with Crippen LogP contribution in [0.25, 0.3) is 0 Å². The molecule has 0 aromatic carbocycles. The molecular formula is C16H28O3. The predicted octanol–water partition coefficient (Wildman–Crippen LogP) is 4.53. The molecule has 0 aliphatic carbocycles. The number of allylic oxidation sites excluding steroid dienone is 1. The lowest BCUT2D eigenvalue weighted by atomic mass is 10.0. The third kappa shape index (κ3) is 13.2. The number of carbonyl (C=O) groups excluding carboxylic acids is 1. The minimum atomic E-state index is -0.689. The van der Waals surface area contributed by atoms with Crippen LogP contribution in [0.3, 0.4) is 0 Å². The van der Waals surface area contributed by atoms with Crippen LogP contribution in [0, 0.1) is 0 Å². The Hall–Kier alpha value is -1.08. The summed E-state index contributed by atoms with van der Waals surface area (Å²) in [6.45, 7) is 2.09. The van der Waals surface area contributed by atoms with E-state index in [-0.39, 0.29) is 0 Å². The summed E-state index contributed by atoms with van der Waals surface area (Å²) in [5.41, 5.74) is 0.941. The minimum absolute atomic E-state index is 0.304. The molecule has 0 aliphatic heterocycles. The molecule has 0 aliphatic rings. The van der Waals surface area contributed by atoms with E-state index in [1.807, 2.05) is 0 Å². The number of hydrogen-bond donors (Lipinski definition) is 1. The minimum Gasteiger partial charge on any atom is -0.481 e. The van der Waals surface area contributed by atoms with Gasteiger partial charge in [0.2, 0.25) is 0 Å². The highest BCUT2D eigenvalue weighted by Crippen LogP contribution is 2.14. The van der Waals surface area contributed by atoms with Crippen LogP contribution >= 0.6 is 0 Å². The molecule has 3 heteroatoms. The topological polar surface area (TPSA) is 54.4 Å². The van der Waals surface area contributed by atoms with Gasteiger partial charge in [0.25, 0.3) is 0 Å². The van der Waals surface area contributed by atoms with Crippen molar-refractivity contribution in [2.24, 2.45) is 0 Å². The summed E-state index contributed by atoms with van der Waals surface area (Å²) in [7, 11) is 0. The van der Waals surface area contributed by atoms with Crippen molar-refractivity contribution in [3.05, 3.63) is 5.57 Å². The molecule has 0 atom stereocenters. The van der Waals surface area contributed by atoms with Crippen molar-refractivity contribution in [3.63, 3.8) is 0 Å². The summed E-state index contributed by atoms with van der Waals surface area (Å²) >= 11 is 0. The van der Waals surface area contributed by atoms with Gasteiger partial charge in [0, 0.05) is 12.0 Å². The Balaban J connectivity index is 3.23. The fraction of sp³-hybridized carbons (Fsp3) is 0.812. The number of carbonyl (C=O) groups is 1. The molecule has 0 aromatic rings. The zero-order valence-corrected chi connectivity index (χ0v) is 12.2. The van der Waals surface area contributed by atoms with Crippen LogP contribution in [0.1, 0.15) is 84.0 Å². The smallest absolute Gasteiger partial charge is 0.303 e. The van der Waals surface area contributed by atoms with E-state index < -0.39 is 5.97 Å². The van der Waals surface area contributed by atoms with E-state index in [2.05, 4.69) is 12.9 Å². The van der Waals surface area contributed by atoms with Crippen molar-refractivity contribution < 1.29 is 14.7 Å². The van der Waals surface area contributed by atoms with Crippen molar-refractivity contribution in [2.75, 3.05) is 0 Å². The van der Waals surface area contributed by atoms with E-state index >= 15 is 0 Å². The normalized spacial score (nSPS) is 10.2. The summed E-state index contributed by atoms with van der Waals surface area (Å²) in [5.74, 6) is 1.37. The van der Waals surface area contributed by atoms with Crippen LogP contribution in [-0.4, -0.2) is 17.0 Å². The maximum Gasteiger partial charge on any atom is 0.303 e. The first-order valence-corrected chi connectivity index (χ1v) is 7.65. The van der Waals surface area contributed by atoms with Crippen LogP contribution < -0.4 is 0 Å². The molecule has 19 heavy (non-hydrogen) atoms. The quantitative estimate of drug-likeness (QED) is 0.394. The first kappa shape index (κ1) is 17.9. The number of aliphatic carboxylic acids is 1. The van der Waals surface area contributed by atoms with Gasteiger partial charge in [-0.25, -0.2) is 4.79 Å². The van der Waals surface area contributed by atoms with Gasteiger partial charge in [-0.05, 0) is 25.7 Å². The standard InChI is InChI=1S/C16H28O3/c1-2-11-15(14-17)12-9-7-5-3-4-6-8-10-13-16(18)19/h2-13H2,1H3,(H,18,19). The first-order valence-electron chi connectivity index (χ1n) is 7.65. The van der Waals surface area contributed by atoms with E-state index in [1.165, 1.54) is 25.7 Å². The summed E-state index contributed by atoms with van der Waals surface area (Å²) in [6, 6.07) is 0. The van der Waals surface area contributed by atoms with Gasteiger partial charge >= 0.3 is 5.97 Å². The van der Waals surface area contributed by atoms with Crippen molar-refractivity contribution in [1.29, 1.82) is 0 Å². The SMILES string of the molecule is CCCC(=C=O)CCCCCCCCCCC(=O)O. The molecule has 3 nitrogen and oxygen atoms in total. The predicted molar refractivity (Wildman–Crippen MR) is 77.9 cm³/mol. The molecule has 0 amide bonds. The highest BCUT2D eigenvalue weighted by Gasteiger charge is 1.99. The van der Waals surface area contributed by atoms with Gasteiger partial charge in [0.05, 0.1) is 0 Å². The van der Waals surface area contributed by atoms with Crippen molar-refractivity contribution in [2.45, 2.75) is 84.0 Å². The average molecular weight is 268 g/mol. The zero-order valence-electron chi connectivity index (χ0n) is 12.2. The summed E-state index contributed by atoms with van der Waals surface area (Å²) in [6.07, 6.45) is 12.0. The fourth-order valence-corrected chi connectivity index (χ4v) is 2.20. The molecule has 0 aromatic heterocycles. The molecule has 0 unspecified atom stereocenters. The maximum atomic E-state index is 10.6. The molecule has 0 rings (SSSR count). The van der Waals surface area contributed by atoms with E-state index in [1.54, 1.807) is 0 Å². The first-order chi connectivity index (χ1) is 9.20. The second-order valence-electron chi connectivity index (χ2n) is 5.18. The molecule has 0 saturated carbocycles. The monoisotopic (exact) mass is 268 g/mol. The lowest BCUT2D eigenvalue weighted by Gasteiger charge is -2.03. The lowest BCUT2D eigenvalue weighted by Crippen LogP contribution is -1.93. The number of unbranched alkanes of at least 4 members (excludes halogenated alkanes) is 7. The molecule has 0 heterocycles. The highest BCUT2D eigenvalue weighted by atomic mass is 16.4. The molecule has 1 N–H and O–H groups in total. The van der Waals surface area contributed by atoms with Crippen LogP contribution in [-0.2, 0) is 9.59 Å². The highest BCUT2D eigenvalue weighted by molar-refractivity contribution is 5.66. The van der Waals surface area contributed by atoms with E-state index in [0.717, 1.165) is 50.5 Å². The second kappa shape index (κ2) is 13.4. The number of rotatable bonds is 13. The number of carboxylic acid groups (broad SMARTS) is 1. The molecule has 0 fully saturated rings. The molecule has 0 radical (unpaired) electrons. The average Bonchev–Trinajstić information content (AvgIpc) is 2.39. The van der Waals surface area contributed by atoms with E-state index in [4.69, 9.17) is 5.11 Å². The summed E-state index contributed by atoms with van der Waals surface area (Å²) in [5, 5.41) is 8.49. The third-order valence-corrected chi connectivity index (χ3v) is 3.32. The van der Waals surface area contributed by atoms with Crippen molar-refractivity contribution in [3.8, 4) is 0 Å². The number of hydrogen-bond acceptors (Lipinski definition) is 2. The molecular weight excluding hydrogens is 240 g/mol. The van der Waals surface area contributed by atoms with Gasteiger partial charge in [-0.2, -0.15) is 0 Å². The van der Waals surface area contributed by atoms with Gasteiger partial charge < -0.3 is 5.11 Å². The van der Waals surface area contributed by atoms with Gasteiger partial charge in [-0.1, -0.05) is 51.9 Å². The lowest BCUT2D eigenvalue weighted by molar-refractivity contribution is -0.137. The van der Waals surface area contributed by atoms with Gasteiger partial charge in [0.15, 0.2) is 0 Å². The fourth-order valence-electron chi connectivity index (χ4n) is 2.20. The number of carboxylic acids is 1.